The first-order valence-electron chi connectivity index (χ1n) is 6.70. The fourth-order valence-electron chi connectivity index (χ4n) is 2.01. The van der Waals surface area contributed by atoms with E-state index in [0.717, 1.165) is 11.6 Å². The van der Waals surface area contributed by atoms with Crippen LogP contribution in [0.1, 0.15) is 5.56 Å². The van der Waals surface area contributed by atoms with Crippen molar-refractivity contribution in [2.75, 3.05) is 5.75 Å². The zero-order valence-electron chi connectivity index (χ0n) is 11.8. The second kappa shape index (κ2) is 6.70. The smallest absolute Gasteiger partial charge is 0.236 e. The third-order valence-electron chi connectivity index (χ3n) is 3.05. The lowest BCUT2D eigenvalue weighted by Crippen LogP contribution is -2.19. The number of halogens is 2. The van der Waals surface area contributed by atoms with Gasteiger partial charge in [-0.15, -0.1) is 5.10 Å². The number of nitrogens with zero attached hydrogens (tertiary/aromatic N) is 2. The van der Waals surface area contributed by atoms with Gasteiger partial charge in [0, 0.05) is 6.07 Å². The minimum Gasteiger partial charge on any atom is -0.303 e. The Morgan fingerprint density at radius 2 is 1.74 bits per heavy atom. The summed E-state index contributed by atoms with van der Waals surface area (Å²) in [6.45, 7) is 0. The van der Waals surface area contributed by atoms with Crippen LogP contribution in [-0.4, -0.2) is 23.0 Å². The van der Waals surface area contributed by atoms with Crippen molar-refractivity contribution in [3.63, 3.8) is 0 Å². The Morgan fingerprint density at radius 3 is 2.35 bits per heavy atom. The van der Waals surface area contributed by atoms with Crippen LogP contribution in [0, 0.1) is 11.6 Å². The van der Waals surface area contributed by atoms with Gasteiger partial charge in [0.25, 0.3) is 0 Å². The van der Waals surface area contributed by atoms with Crippen molar-refractivity contribution in [2.45, 2.75) is 0 Å². The first kappa shape index (κ1) is 15.4. The molecule has 2 aromatic rings. The van der Waals surface area contributed by atoms with E-state index in [9.17, 15) is 13.6 Å². The average molecular weight is 331 g/mol. The third kappa shape index (κ3) is 4.01. The number of hydrogen-bond donors (Lipinski definition) is 1. The van der Waals surface area contributed by atoms with Gasteiger partial charge >= 0.3 is 0 Å². The maximum absolute atomic E-state index is 13.2. The molecule has 1 N–H and O–H groups in total. The molecule has 0 aromatic heterocycles. The summed E-state index contributed by atoms with van der Waals surface area (Å²) >= 11 is 1.29. The van der Waals surface area contributed by atoms with Crippen LogP contribution in [0.2, 0.25) is 0 Å². The van der Waals surface area contributed by atoms with E-state index in [2.05, 4.69) is 15.5 Å². The summed E-state index contributed by atoms with van der Waals surface area (Å²) in [4.78, 5) is 11.0. The molecule has 0 spiro atoms. The predicted octanol–water partition coefficient (Wildman–Crippen LogP) is 3.18. The summed E-state index contributed by atoms with van der Waals surface area (Å²) in [5.74, 6) is -0.960. The summed E-state index contributed by atoms with van der Waals surface area (Å²) in [6, 6.07) is 10.4. The maximum atomic E-state index is 13.2. The number of amidine groups is 1. The van der Waals surface area contributed by atoms with E-state index < -0.39 is 11.6 Å². The van der Waals surface area contributed by atoms with Gasteiger partial charge in [-0.2, -0.15) is 5.10 Å². The van der Waals surface area contributed by atoms with Crippen LogP contribution >= 0.6 is 11.8 Å². The van der Waals surface area contributed by atoms with E-state index in [4.69, 9.17) is 0 Å². The second-order valence-electron chi connectivity index (χ2n) is 4.77. The number of carbonyl (C=O) groups excluding carboxylic acids is 1. The van der Waals surface area contributed by atoms with E-state index in [1.807, 2.05) is 0 Å². The van der Waals surface area contributed by atoms with E-state index >= 15 is 0 Å². The molecular formula is C16H11F2N3OS. The van der Waals surface area contributed by atoms with Gasteiger partial charge in [0.1, 0.15) is 11.6 Å². The Labute approximate surface area is 135 Å². The quantitative estimate of drug-likeness (QED) is 0.694. The van der Waals surface area contributed by atoms with Crippen LogP contribution in [0.15, 0.2) is 52.7 Å². The highest BCUT2D eigenvalue weighted by molar-refractivity contribution is 8.15. The van der Waals surface area contributed by atoms with Gasteiger partial charge in [-0.1, -0.05) is 36.0 Å². The van der Waals surface area contributed by atoms with E-state index in [1.165, 1.54) is 30.1 Å². The van der Waals surface area contributed by atoms with Crippen LogP contribution in [0.4, 0.5) is 8.78 Å². The second-order valence-corrected chi connectivity index (χ2v) is 5.73. The molecule has 2 aromatic carbocycles. The lowest BCUT2D eigenvalue weighted by atomic mass is 10.0. The number of amides is 1. The van der Waals surface area contributed by atoms with Crippen LogP contribution in [0.5, 0.6) is 0 Å². The summed E-state index contributed by atoms with van der Waals surface area (Å²) in [5.41, 5.74) is 1.95. The molecule has 0 radical (unpaired) electrons. The highest BCUT2D eigenvalue weighted by atomic mass is 32.2. The van der Waals surface area contributed by atoms with Gasteiger partial charge in [0.15, 0.2) is 5.17 Å². The van der Waals surface area contributed by atoms with Crippen molar-refractivity contribution in [3.8, 4) is 11.1 Å². The normalized spacial score (nSPS) is 16.3. The number of rotatable bonds is 3. The van der Waals surface area contributed by atoms with Crippen LogP contribution < -0.4 is 5.32 Å². The average Bonchev–Trinajstić information content (AvgIpc) is 2.92. The first-order chi connectivity index (χ1) is 11.1. The molecule has 0 bridgehead atoms. The molecule has 0 aliphatic carbocycles. The Hall–Kier alpha value is -2.54. The van der Waals surface area contributed by atoms with Gasteiger partial charge in [0.05, 0.1) is 12.0 Å². The molecule has 1 saturated heterocycles. The lowest BCUT2D eigenvalue weighted by molar-refractivity contribution is -0.116. The molecule has 23 heavy (non-hydrogen) atoms. The predicted molar refractivity (Wildman–Crippen MR) is 87.4 cm³/mol. The van der Waals surface area contributed by atoms with Crippen molar-refractivity contribution < 1.29 is 13.6 Å². The third-order valence-corrected chi connectivity index (χ3v) is 3.91. The minimum atomic E-state index is -0.613. The van der Waals surface area contributed by atoms with Crippen LogP contribution in [-0.2, 0) is 4.79 Å². The molecule has 0 saturated carbocycles. The van der Waals surface area contributed by atoms with Crippen molar-refractivity contribution >= 4 is 29.1 Å². The molecule has 1 amide bonds. The van der Waals surface area contributed by atoms with Crippen molar-refractivity contribution in [3.05, 3.63) is 59.7 Å². The zero-order valence-corrected chi connectivity index (χ0v) is 12.6. The summed E-state index contributed by atoms with van der Waals surface area (Å²) in [7, 11) is 0. The number of carbonyl (C=O) groups is 1. The molecule has 1 heterocycles. The van der Waals surface area contributed by atoms with Gasteiger partial charge in [-0.05, 0) is 28.8 Å². The lowest BCUT2D eigenvalue weighted by Gasteiger charge is -2.03. The van der Waals surface area contributed by atoms with Crippen LogP contribution in [0.3, 0.4) is 0 Å². The molecule has 1 aliphatic rings. The van der Waals surface area contributed by atoms with Crippen molar-refractivity contribution in [2.24, 2.45) is 10.2 Å². The molecule has 4 nitrogen and oxygen atoms in total. The molecule has 1 fully saturated rings. The topological polar surface area (TPSA) is 53.8 Å². The van der Waals surface area contributed by atoms with Gasteiger partial charge < -0.3 is 5.32 Å². The van der Waals surface area contributed by atoms with Crippen LogP contribution in [0.25, 0.3) is 11.1 Å². The number of benzene rings is 2. The van der Waals surface area contributed by atoms with E-state index in [0.29, 0.717) is 22.0 Å². The Morgan fingerprint density at radius 1 is 1.04 bits per heavy atom. The molecule has 0 unspecified atom stereocenters. The number of thioether (sulfide) groups is 1. The van der Waals surface area contributed by atoms with E-state index in [1.54, 1.807) is 24.3 Å². The highest BCUT2D eigenvalue weighted by Gasteiger charge is 2.15. The summed E-state index contributed by atoms with van der Waals surface area (Å²) in [6.07, 6.45) is 1.54. The monoisotopic (exact) mass is 331 g/mol. The molecule has 116 valence electrons. The minimum absolute atomic E-state index is 0.0874. The molecule has 3 rings (SSSR count). The number of nitrogens with one attached hydrogen (secondary N) is 1. The summed E-state index contributed by atoms with van der Waals surface area (Å²) < 4.78 is 26.5. The largest absolute Gasteiger partial charge is 0.303 e. The number of hydrogen-bond acceptors (Lipinski definition) is 4. The first-order valence-corrected chi connectivity index (χ1v) is 7.69. The zero-order chi connectivity index (χ0) is 16.2. The molecular weight excluding hydrogens is 320 g/mol. The van der Waals surface area contributed by atoms with Crippen molar-refractivity contribution in [1.82, 2.24) is 5.32 Å². The fourth-order valence-corrected chi connectivity index (χ4v) is 2.64. The van der Waals surface area contributed by atoms with Crippen molar-refractivity contribution in [1.29, 1.82) is 0 Å². The molecule has 7 heteroatoms. The highest BCUT2D eigenvalue weighted by Crippen LogP contribution is 2.21. The Kier molecular flexibility index (Phi) is 4.47. The standard InChI is InChI=1S/C16H11F2N3OS/c17-13-5-12(6-14(18)7-13)11-3-1-10(2-4-11)8-19-21-16-20-15(22)9-23-16/h1-8H,9H2,(H,20,21,22). The van der Waals surface area contributed by atoms with Gasteiger partial charge in [-0.3, -0.25) is 4.79 Å². The molecule has 1 aliphatic heterocycles. The van der Waals surface area contributed by atoms with Gasteiger partial charge in [-0.25, -0.2) is 8.78 Å². The maximum Gasteiger partial charge on any atom is 0.236 e. The Balaban J connectivity index is 1.73. The SMILES string of the molecule is O=C1CSC(=NN=Cc2ccc(-c3cc(F)cc(F)c3)cc2)N1. The summed E-state index contributed by atoms with van der Waals surface area (Å²) in [5, 5.41) is 10.8. The molecule has 0 atom stereocenters. The Bertz CT molecular complexity index is 783. The van der Waals surface area contributed by atoms with E-state index in [-0.39, 0.29) is 5.91 Å². The van der Waals surface area contributed by atoms with Gasteiger partial charge in [0.2, 0.25) is 5.91 Å². The fraction of sp³-hybridized carbons (Fsp3) is 0.0625.